The molecule has 3 aromatic rings. The molecule has 2 aliphatic rings. The Morgan fingerprint density at radius 3 is 2.36 bits per heavy atom. The highest BCUT2D eigenvalue weighted by Crippen LogP contribution is 2.30. The second-order valence-corrected chi connectivity index (χ2v) is 9.30. The van der Waals surface area contributed by atoms with Crippen molar-refractivity contribution in [3.63, 3.8) is 0 Å². The molecule has 1 aromatic carbocycles. The lowest BCUT2D eigenvalue weighted by Crippen LogP contribution is -2.47. The molecule has 0 radical (unpaired) electrons. The van der Waals surface area contributed by atoms with Crippen LogP contribution in [0.2, 0.25) is 5.02 Å². The SMILES string of the molecule is Cc1cnc(N2CCN(c3cc(-c4ccc(F)cc4)nc(N4CCCC4C)n3)CC2)c(Cl)c1. The largest absolute Gasteiger partial charge is 0.353 e. The second-order valence-electron chi connectivity index (χ2n) is 8.90. The normalized spacial score (nSPS) is 18.8. The Morgan fingerprint density at radius 2 is 1.70 bits per heavy atom. The topological polar surface area (TPSA) is 48.4 Å². The Morgan fingerprint density at radius 1 is 0.970 bits per heavy atom. The van der Waals surface area contributed by atoms with Crippen molar-refractivity contribution < 1.29 is 4.39 Å². The molecule has 5 rings (SSSR count). The zero-order valence-electron chi connectivity index (χ0n) is 19.0. The Labute approximate surface area is 199 Å². The van der Waals surface area contributed by atoms with Crippen LogP contribution in [0.25, 0.3) is 11.3 Å². The van der Waals surface area contributed by atoms with Gasteiger partial charge in [0.25, 0.3) is 0 Å². The highest BCUT2D eigenvalue weighted by molar-refractivity contribution is 6.33. The first-order chi connectivity index (χ1) is 16.0. The van der Waals surface area contributed by atoms with Crippen LogP contribution < -0.4 is 14.7 Å². The summed E-state index contributed by atoms with van der Waals surface area (Å²) in [4.78, 5) is 21.2. The lowest BCUT2D eigenvalue weighted by atomic mass is 10.1. The van der Waals surface area contributed by atoms with E-state index < -0.39 is 0 Å². The Hall–Kier alpha value is -2.93. The van der Waals surface area contributed by atoms with Gasteiger partial charge in [-0.05, 0) is 62.6 Å². The number of pyridine rings is 1. The number of benzene rings is 1. The highest BCUT2D eigenvalue weighted by Gasteiger charge is 2.26. The molecule has 1 unspecified atom stereocenters. The van der Waals surface area contributed by atoms with E-state index in [1.165, 1.54) is 12.1 Å². The van der Waals surface area contributed by atoms with Gasteiger partial charge in [0.1, 0.15) is 17.5 Å². The summed E-state index contributed by atoms with van der Waals surface area (Å²) < 4.78 is 13.5. The zero-order valence-corrected chi connectivity index (χ0v) is 19.8. The first-order valence-corrected chi connectivity index (χ1v) is 11.9. The number of rotatable bonds is 4. The molecule has 4 heterocycles. The lowest BCUT2D eigenvalue weighted by molar-refractivity contribution is 0.628. The Kier molecular flexibility index (Phi) is 6.06. The minimum Gasteiger partial charge on any atom is -0.353 e. The van der Waals surface area contributed by atoms with Gasteiger partial charge in [-0.25, -0.2) is 14.4 Å². The van der Waals surface area contributed by atoms with Gasteiger partial charge in [-0.1, -0.05) is 11.6 Å². The van der Waals surface area contributed by atoms with E-state index in [0.29, 0.717) is 11.1 Å². The van der Waals surface area contributed by atoms with Gasteiger partial charge in [0.2, 0.25) is 5.95 Å². The van der Waals surface area contributed by atoms with Gasteiger partial charge >= 0.3 is 0 Å². The third-order valence-electron chi connectivity index (χ3n) is 6.51. The molecule has 2 fully saturated rings. The molecule has 0 aliphatic carbocycles. The van der Waals surface area contributed by atoms with Crippen molar-refractivity contribution in [3.8, 4) is 11.3 Å². The standard InChI is InChI=1S/C25H28ClFN6/c1-17-14-21(26)24(28-16-17)32-12-10-31(11-13-32)23-15-22(19-5-7-20(27)8-6-19)29-25(30-23)33-9-3-4-18(33)2/h5-8,14-16,18H,3-4,9-13H2,1-2H3. The van der Waals surface area contributed by atoms with Crippen LogP contribution in [-0.4, -0.2) is 53.7 Å². The molecule has 0 spiro atoms. The predicted molar refractivity (Wildman–Crippen MR) is 132 cm³/mol. The molecule has 8 heteroatoms. The molecular weight excluding hydrogens is 439 g/mol. The Balaban J connectivity index is 1.42. The number of hydrogen-bond acceptors (Lipinski definition) is 6. The average molecular weight is 467 g/mol. The van der Waals surface area contributed by atoms with Gasteiger partial charge < -0.3 is 14.7 Å². The van der Waals surface area contributed by atoms with E-state index in [0.717, 1.165) is 80.0 Å². The van der Waals surface area contributed by atoms with E-state index >= 15 is 0 Å². The Bertz CT molecular complexity index is 1130. The number of aryl methyl sites for hydroxylation is 1. The van der Waals surface area contributed by atoms with Crippen LogP contribution in [0.4, 0.5) is 22.0 Å². The van der Waals surface area contributed by atoms with E-state index in [1.54, 1.807) is 12.1 Å². The van der Waals surface area contributed by atoms with Gasteiger partial charge in [-0.3, -0.25) is 0 Å². The van der Waals surface area contributed by atoms with Crippen LogP contribution in [0.3, 0.4) is 0 Å². The molecule has 0 amide bonds. The zero-order chi connectivity index (χ0) is 22.9. The fourth-order valence-electron chi connectivity index (χ4n) is 4.62. The molecule has 0 saturated carbocycles. The minimum atomic E-state index is -0.249. The second kappa shape index (κ2) is 9.14. The number of halogens is 2. The molecule has 0 bridgehead atoms. The fraction of sp³-hybridized carbons (Fsp3) is 0.400. The van der Waals surface area contributed by atoms with Gasteiger partial charge in [0.15, 0.2) is 0 Å². The molecule has 33 heavy (non-hydrogen) atoms. The van der Waals surface area contributed by atoms with Crippen molar-refractivity contribution >= 4 is 29.2 Å². The first kappa shape index (κ1) is 21.9. The quantitative estimate of drug-likeness (QED) is 0.542. The lowest BCUT2D eigenvalue weighted by Gasteiger charge is -2.37. The van der Waals surface area contributed by atoms with Gasteiger partial charge in [0.05, 0.1) is 10.7 Å². The van der Waals surface area contributed by atoms with Crippen LogP contribution in [0, 0.1) is 12.7 Å². The van der Waals surface area contributed by atoms with Crippen molar-refractivity contribution in [2.45, 2.75) is 32.7 Å². The fourth-order valence-corrected chi connectivity index (χ4v) is 4.96. The summed E-state index contributed by atoms with van der Waals surface area (Å²) in [6, 6.07) is 10.9. The minimum absolute atomic E-state index is 0.249. The highest BCUT2D eigenvalue weighted by atomic mass is 35.5. The number of piperazine rings is 1. The van der Waals surface area contributed by atoms with Crippen molar-refractivity contribution in [3.05, 3.63) is 59.0 Å². The van der Waals surface area contributed by atoms with Crippen LogP contribution in [0.5, 0.6) is 0 Å². The third kappa shape index (κ3) is 4.60. The number of anilines is 3. The summed E-state index contributed by atoms with van der Waals surface area (Å²) in [5.74, 6) is 2.24. The molecule has 2 saturated heterocycles. The molecule has 1 atom stereocenters. The van der Waals surface area contributed by atoms with Crippen LogP contribution in [0.15, 0.2) is 42.6 Å². The van der Waals surface area contributed by atoms with Gasteiger partial charge in [0, 0.05) is 56.6 Å². The summed E-state index contributed by atoms with van der Waals surface area (Å²) in [7, 11) is 0. The summed E-state index contributed by atoms with van der Waals surface area (Å²) in [5.41, 5.74) is 2.77. The third-order valence-corrected chi connectivity index (χ3v) is 6.79. The van der Waals surface area contributed by atoms with Crippen molar-refractivity contribution in [1.29, 1.82) is 0 Å². The van der Waals surface area contributed by atoms with Gasteiger partial charge in [-0.15, -0.1) is 0 Å². The van der Waals surface area contributed by atoms with E-state index in [9.17, 15) is 4.39 Å². The smallest absolute Gasteiger partial charge is 0.228 e. The maximum Gasteiger partial charge on any atom is 0.228 e. The summed E-state index contributed by atoms with van der Waals surface area (Å²) in [5, 5.41) is 0.689. The van der Waals surface area contributed by atoms with Crippen LogP contribution in [-0.2, 0) is 0 Å². The molecule has 2 aliphatic heterocycles. The van der Waals surface area contributed by atoms with E-state index in [4.69, 9.17) is 21.6 Å². The summed E-state index contributed by atoms with van der Waals surface area (Å²) in [6.45, 7) is 8.40. The maximum atomic E-state index is 13.5. The molecule has 2 aromatic heterocycles. The molecular formula is C25H28ClFN6. The predicted octanol–water partition coefficient (Wildman–Crippen LogP) is 4.95. The first-order valence-electron chi connectivity index (χ1n) is 11.5. The molecule has 0 N–H and O–H groups in total. The molecule has 172 valence electrons. The summed E-state index contributed by atoms with van der Waals surface area (Å²) >= 11 is 6.45. The van der Waals surface area contributed by atoms with E-state index in [2.05, 4.69) is 26.6 Å². The van der Waals surface area contributed by atoms with Crippen molar-refractivity contribution in [1.82, 2.24) is 15.0 Å². The van der Waals surface area contributed by atoms with Crippen LogP contribution >= 0.6 is 11.6 Å². The summed E-state index contributed by atoms with van der Waals surface area (Å²) in [6.07, 6.45) is 4.14. The maximum absolute atomic E-state index is 13.5. The van der Waals surface area contributed by atoms with E-state index in [1.807, 2.05) is 25.3 Å². The number of hydrogen-bond donors (Lipinski definition) is 0. The molecule has 6 nitrogen and oxygen atoms in total. The monoisotopic (exact) mass is 466 g/mol. The van der Waals surface area contributed by atoms with Gasteiger partial charge in [-0.2, -0.15) is 4.98 Å². The van der Waals surface area contributed by atoms with E-state index in [-0.39, 0.29) is 5.82 Å². The van der Waals surface area contributed by atoms with Crippen molar-refractivity contribution in [2.24, 2.45) is 0 Å². The number of aromatic nitrogens is 3. The average Bonchev–Trinajstić information content (AvgIpc) is 3.25. The number of nitrogens with zero attached hydrogens (tertiary/aromatic N) is 6. The van der Waals surface area contributed by atoms with Crippen molar-refractivity contribution in [2.75, 3.05) is 47.4 Å². The van der Waals surface area contributed by atoms with Crippen LogP contribution in [0.1, 0.15) is 25.3 Å².